The van der Waals surface area contributed by atoms with E-state index in [-0.39, 0.29) is 18.3 Å². The lowest BCUT2D eigenvalue weighted by molar-refractivity contribution is 0.0959. The van der Waals surface area contributed by atoms with E-state index in [1.807, 2.05) is 5.53 Å². The van der Waals surface area contributed by atoms with Gasteiger partial charge < -0.3 is 16.0 Å². The van der Waals surface area contributed by atoms with Gasteiger partial charge in [0, 0.05) is 6.20 Å². The van der Waals surface area contributed by atoms with Crippen molar-refractivity contribution < 1.29 is 4.79 Å². The number of aromatic nitrogens is 3. The summed E-state index contributed by atoms with van der Waals surface area (Å²) in [7, 11) is 0. The lowest BCUT2D eigenvalue weighted by Crippen LogP contribution is -2.35. The summed E-state index contributed by atoms with van der Waals surface area (Å²) in [5.41, 5.74) is 9.13. The van der Waals surface area contributed by atoms with Crippen LogP contribution in [0.15, 0.2) is 23.7 Å². The standard InChI is InChI=1S/C9H12N8O/c10-7(16-17-11)3-13-9(18)5-1-6-8(12-2-5)15-4-14-6/h1-2,4,17H,3,11H2,(H2,10,16)(H,13,18)(H,12,14,15). The van der Waals surface area contributed by atoms with Crippen LogP contribution in [-0.2, 0) is 0 Å². The van der Waals surface area contributed by atoms with Gasteiger partial charge >= 0.3 is 0 Å². The Balaban J connectivity index is 2.06. The van der Waals surface area contributed by atoms with Crippen molar-refractivity contribution in [1.82, 2.24) is 25.8 Å². The molecule has 0 aliphatic rings. The number of hydrogen-bond donors (Lipinski definition) is 5. The van der Waals surface area contributed by atoms with Gasteiger partial charge in [-0.2, -0.15) is 5.10 Å². The topological polar surface area (TPSA) is 147 Å². The fourth-order valence-corrected chi connectivity index (χ4v) is 1.35. The number of aromatic amines is 1. The molecule has 2 aromatic rings. The number of carbonyl (C=O) groups is 1. The molecule has 2 heterocycles. The van der Waals surface area contributed by atoms with Crippen molar-refractivity contribution in [1.29, 1.82) is 0 Å². The first-order chi connectivity index (χ1) is 8.70. The van der Waals surface area contributed by atoms with E-state index in [9.17, 15) is 4.79 Å². The van der Waals surface area contributed by atoms with E-state index in [2.05, 4.69) is 25.4 Å². The SMILES string of the molecule is NN/N=C(\N)CNC(=O)c1cnc2nc[nH]c2c1. The molecule has 0 spiro atoms. The minimum absolute atomic E-state index is 0.0873. The number of nitrogens with zero attached hydrogens (tertiary/aromatic N) is 3. The molecule has 9 nitrogen and oxygen atoms in total. The number of hydrazine groups is 1. The van der Waals surface area contributed by atoms with Crippen molar-refractivity contribution in [3.8, 4) is 0 Å². The van der Waals surface area contributed by atoms with Crippen LogP contribution in [0.4, 0.5) is 0 Å². The summed E-state index contributed by atoms with van der Waals surface area (Å²) in [5.74, 6) is 4.80. The van der Waals surface area contributed by atoms with Gasteiger partial charge in [-0.3, -0.25) is 4.79 Å². The molecular formula is C9H12N8O. The summed E-state index contributed by atoms with van der Waals surface area (Å²) < 4.78 is 0. The summed E-state index contributed by atoms with van der Waals surface area (Å²) in [5, 5.41) is 6.08. The molecule has 0 fully saturated rings. The van der Waals surface area contributed by atoms with Gasteiger partial charge in [-0.25, -0.2) is 21.3 Å². The highest BCUT2D eigenvalue weighted by Gasteiger charge is 2.08. The summed E-state index contributed by atoms with van der Waals surface area (Å²) in [4.78, 5) is 22.6. The Morgan fingerprint density at radius 2 is 2.33 bits per heavy atom. The number of carbonyl (C=O) groups excluding carboxylic acids is 1. The van der Waals surface area contributed by atoms with Crippen molar-refractivity contribution in [2.24, 2.45) is 16.7 Å². The van der Waals surface area contributed by atoms with Crippen molar-refractivity contribution in [2.75, 3.05) is 6.54 Å². The van der Waals surface area contributed by atoms with E-state index in [4.69, 9.17) is 11.6 Å². The molecule has 9 heteroatoms. The van der Waals surface area contributed by atoms with Crippen LogP contribution < -0.4 is 22.4 Å². The molecule has 0 aliphatic heterocycles. The van der Waals surface area contributed by atoms with E-state index < -0.39 is 0 Å². The Bertz CT molecular complexity index is 589. The first-order valence-corrected chi connectivity index (χ1v) is 5.05. The molecule has 7 N–H and O–H groups in total. The van der Waals surface area contributed by atoms with Crippen molar-refractivity contribution in [3.63, 3.8) is 0 Å². The zero-order valence-corrected chi connectivity index (χ0v) is 9.34. The molecule has 1 amide bonds. The normalized spacial score (nSPS) is 11.5. The molecule has 0 saturated carbocycles. The molecule has 94 valence electrons. The van der Waals surface area contributed by atoms with Crippen LogP contribution in [0.1, 0.15) is 10.4 Å². The van der Waals surface area contributed by atoms with Crippen LogP contribution in [-0.4, -0.2) is 33.2 Å². The predicted octanol–water partition coefficient (Wildman–Crippen LogP) is -1.58. The fourth-order valence-electron chi connectivity index (χ4n) is 1.35. The van der Waals surface area contributed by atoms with E-state index in [0.717, 1.165) is 0 Å². The molecule has 2 aromatic heterocycles. The van der Waals surface area contributed by atoms with Gasteiger partial charge in [-0.1, -0.05) is 0 Å². The van der Waals surface area contributed by atoms with Crippen LogP contribution in [0, 0.1) is 0 Å². The largest absolute Gasteiger partial charge is 0.384 e. The minimum atomic E-state index is -0.311. The van der Waals surface area contributed by atoms with Crippen LogP contribution >= 0.6 is 0 Å². The van der Waals surface area contributed by atoms with Crippen LogP contribution in [0.2, 0.25) is 0 Å². The van der Waals surface area contributed by atoms with Gasteiger partial charge in [-0.05, 0) is 6.07 Å². The average molecular weight is 248 g/mol. The first kappa shape index (κ1) is 11.8. The maximum absolute atomic E-state index is 11.8. The molecule has 0 saturated heterocycles. The van der Waals surface area contributed by atoms with Crippen LogP contribution in [0.3, 0.4) is 0 Å². The maximum atomic E-state index is 11.8. The quantitative estimate of drug-likeness (QED) is 0.191. The van der Waals surface area contributed by atoms with Gasteiger partial charge in [-0.15, -0.1) is 0 Å². The number of fused-ring (bicyclic) bond motifs is 1. The average Bonchev–Trinajstić information content (AvgIpc) is 2.83. The van der Waals surface area contributed by atoms with Gasteiger partial charge in [0.2, 0.25) is 0 Å². The molecule has 0 bridgehead atoms. The maximum Gasteiger partial charge on any atom is 0.253 e. The second-order valence-corrected chi connectivity index (χ2v) is 3.41. The van der Waals surface area contributed by atoms with E-state index in [0.29, 0.717) is 16.7 Å². The Morgan fingerprint density at radius 1 is 1.50 bits per heavy atom. The van der Waals surface area contributed by atoms with Crippen molar-refractivity contribution in [2.45, 2.75) is 0 Å². The van der Waals surface area contributed by atoms with Crippen LogP contribution in [0.5, 0.6) is 0 Å². The number of rotatable bonds is 4. The molecule has 0 unspecified atom stereocenters. The van der Waals surface area contributed by atoms with Crippen molar-refractivity contribution >= 4 is 22.9 Å². The second kappa shape index (κ2) is 5.10. The predicted molar refractivity (Wildman–Crippen MR) is 65.2 cm³/mol. The zero-order valence-electron chi connectivity index (χ0n) is 9.34. The van der Waals surface area contributed by atoms with Gasteiger partial charge in [0.15, 0.2) is 5.65 Å². The third kappa shape index (κ3) is 2.52. The molecule has 0 aliphatic carbocycles. The lowest BCUT2D eigenvalue weighted by Gasteiger charge is -2.04. The number of imidazole rings is 1. The monoisotopic (exact) mass is 248 g/mol. The Labute approximate surface area is 102 Å². The molecule has 2 rings (SSSR count). The highest BCUT2D eigenvalue weighted by molar-refractivity contribution is 5.98. The molecule has 0 aromatic carbocycles. The summed E-state index contributed by atoms with van der Waals surface area (Å²) >= 11 is 0. The van der Waals surface area contributed by atoms with Crippen molar-refractivity contribution in [3.05, 3.63) is 24.2 Å². The molecule has 0 atom stereocenters. The third-order valence-corrected chi connectivity index (χ3v) is 2.17. The lowest BCUT2D eigenvalue weighted by atomic mass is 10.2. The number of nitrogens with two attached hydrogens (primary N) is 2. The summed E-state index contributed by atoms with van der Waals surface area (Å²) in [6, 6.07) is 1.65. The molecular weight excluding hydrogens is 236 g/mol. The second-order valence-electron chi connectivity index (χ2n) is 3.41. The van der Waals surface area contributed by atoms with Gasteiger partial charge in [0.1, 0.15) is 5.84 Å². The van der Waals surface area contributed by atoms with E-state index in [1.165, 1.54) is 12.5 Å². The number of H-pyrrole nitrogens is 1. The summed E-state index contributed by atoms with van der Waals surface area (Å²) in [6.45, 7) is 0.0873. The number of hydrogen-bond acceptors (Lipinski definition) is 6. The van der Waals surface area contributed by atoms with E-state index >= 15 is 0 Å². The Hall–Kier alpha value is -2.68. The smallest absolute Gasteiger partial charge is 0.253 e. The fraction of sp³-hybridized carbons (Fsp3) is 0.111. The number of amidine groups is 1. The highest BCUT2D eigenvalue weighted by atomic mass is 16.1. The van der Waals surface area contributed by atoms with Gasteiger partial charge in [0.25, 0.3) is 5.91 Å². The highest BCUT2D eigenvalue weighted by Crippen LogP contribution is 2.07. The molecule has 18 heavy (non-hydrogen) atoms. The van der Waals surface area contributed by atoms with Gasteiger partial charge in [0.05, 0.1) is 24.0 Å². The first-order valence-electron chi connectivity index (χ1n) is 5.05. The molecule has 0 radical (unpaired) electrons. The third-order valence-electron chi connectivity index (χ3n) is 2.17. The number of hydrazone groups is 1. The summed E-state index contributed by atoms with van der Waals surface area (Å²) in [6.07, 6.45) is 2.95. The van der Waals surface area contributed by atoms with E-state index in [1.54, 1.807) is 6.07 Å². The number of pyridine rings is 1. The minimum Gasteiger partial charge on any atom is -0.384 e. The Morgan fingerprint density at radius 3 is 3.11 bits per heavy atom. The zero-order chi connectivity index (χ0) is 13.0. The van der Waals surface area contributed by atoms with Crippen LogP contribution in [0.25, 0.3) is 11.2 Å². The number of amides is 1. The number of nitrogens with one attached hydrogen (secondary N) is 3. The Kier molecular flexibility index (Phi) is 3.34.